The van der Waals surface area contributed by atoms with Gasteiger partial charge in [-0.15, -0.1) is 0 Å². The van der Waals surface area contributed by atoms with Crippen molar-refractivity contribution in [1.29, 1.82) is 0 Å². The van der Waals surface area contributed by atoms with Crippen molar-refractivity contribution in [2.24, 2.45) is 35.0 Å². The van der Waals surface area contributed by atoms with Gasteiger partial charge in [-0.05, 0) is 49.4 Å². The molecular formula is C15H26O2. The Bertz CT molecular complexity index is 308. The van der Waals surface area contributed by atoms with E-state index in [0.717, 1.165) is 18.3 Å². The minimum atomic E-state index is -0.203. The molecule has 2 aliphatic rings. The van der Waals surface area contributed by atoms with E-state index in [2.05, 4.69) is 34.6 Å². The van der Waals surface area contributed by atoms with Crippen LogP contribution in [-0.2, 0) is 9.53 Å². The SMILES string of the molecule is CC(C)COC(=O)C1(C)CC2CC1C(C)C2C. The fourth-order valence-corrected chi connectivity index (χ4v) is 4.00. The third kappa shape index (κ3) is 2.00. The van der Waals surface area contributed by atoms with Crippen molar-refractivity contribution in [2.45, 2.75) is 47.5 Å². The fraction of sp³-hybridized carbons (Fsp3) is 0.933. The van der Waals surface area contributed by atoms with Crippen LogP contribution in [0.25, 0.3) is 0 Å². The van der Waals surface area contributed by atoms with E-state index in [1.165, 1.54) is 6.42 Å². The van der Waals surface area contributed by atoms with E-state index in [1.54, 1.807) is 0 Å². The molecule has 5 unspecified atom stereocenters. The van der Waals surface area contributed by atoms with E-state index in [9.17, 15) is 4.79 Å². The second-order valence-corrected chi connectivity index (χ2v) is 6.93. The maximum absolute atomic E-state index is 12.3. The summed E-state index contributed by atoms with van der Waals surface area (Å²) in [6.45, 7) is 11.5. The molecule has 2 saturated carbocycles. The second kappa shape index (κ2) is 4.29. The third-order valence-corrected chi connectivity index (χ3v) is 5.28. The smallest absolute Gasteiger partial charge is 0.312 e. The Morgan fingerprint density at radius 1 is 1.35 bits per heavy atom. The lowest BCUT2D eigenvalue weighted by molar-refractivity contribution is -0.161. The van der Waals surface area contributed by atoms with E-state index >= 15 is 0 Å². The van der Waals surface area contributed by atoms with Gasteiger partial charge in [-0.25, -0.2) is 0 Å². The first-order chi connectivity index (χ1) is 7.86. The number of hydrogen-bond donors (Lipinski definition) is 0. The van der Waals surface area contributed by atoms with Gasteiger partial charge in [-0.3, -0.25) is 4.79 Å². The Kier molecular flexibility index (Phi) is 3.26. The molecule has 0 spiro atoms. The number of carbonyl (C=O) groups excluding carboxylic acids is 1. The normalized spacial score (nSPS) is 44.4. The number of hydrogen-bond acceptors (Lipinski definition) is 2. The van der Waals surface area contributed by atoms with Gasteiger partial charge in [0.2, 0.25) is 0 Å². The Morgan fingerprint density at radius 2 is 2.00 bits per heavy atom. The molecule has 2 heteroatoms. The van der Waals surface area contributed by atoms with E-state index in [-0.39, 0.29) is 11.4 Å². The molecule has 2 aliphatic carbocycles. The summed E-state index contributed by atoms with van der Waals surface area (Å²) >= 11 is 0. The molecule has 0 amide bonds. The molecule has 98 valence electrons. The number of carbonyl (C=O) groups is 1. The van der Waals surface area contributed by atoms with Crippen LogP contribution in [0.4, 0.5) is 0 Å². The van der Waals surface area contributed by atoms with E-state index in [1.807, 2.05) is 0 Å². The summed E-state index contributed by atoms with van der Waals surface area (Å²) in [6, 6.07) is 0. The fourth-order valence-electron chi connectivity index (χ4n) is 4.00. The third-order valence-electron chi connectivity index (χ3n) is 5.28. The van der Waals surface area contributed by atoms with Crippen molar-refractivity contribution in [3.8, 4) is 0 Å². The minimum absolute atomic E-state index is 0.0532. The van der Waals surface area contributed by atoms with E-state index in [0.29, 0.717) is 24.4 Å². The van der Waals surface area contributed by atoms with Gasteiger partial charge in [0, 0.05) is 0 Å². The van der Waals surface area contributed by atoms with E-state index < -0.39 is 0 Å². The van der Waals surface area contributed by atoms with Crippen LogP contribution in [-0.4, -0.2) is 12.6 Å². The van der Waals surface area contributed by atoms with Crippen LogP contribution in [0.1, 0.15) is 47.5 Å². The number of ether oxygens (including phenoxy) is 1. The van der Waals surface area contributed by atoms with Gasteiger partial charge in [0.25, 0.3) is 0 Å². The zero-order valence-corrected chi connectivity index (χ0v) is 11.8. The molecule has 5 atom stereocenters. The first-order valence-corrected chi connectivity index (χ1v) is 7.03. The van der Waals surface area contributed by atoms with Crippen LogP contribution in [0, 0.1) is 35.0 Å². The topological polar surface area (TPSA) is 26.3 Å². The van der Waals surface area contributed by atoms with Gasteiger partial charge >= 0.3 is 5.97 Å². The monoisotopic (exact) mass is 238 g/mol. The van der Waals surface area contributed by atoms with Crippen LogP contribution in [0.5, 0.6) is 0 Å². The lowest BCUT2D eigenvalue weighted by Crippen LogP contribution is -2.40. The van der Waals surface area contributed by atoms with Gasteiger partial charge in [0.1, 0.15) is 0 Å². The van der Waals surface area contributed by atoms with Gasteiger partial charge in [0.05, 0.1) is 12.0 Å². The molecule has 0 N–H and O–H groups in total. The lowest BCUT2D eigenvalue weighted by Gasteiger charge is -2.38. The Balaban J connectivity index is 2.04. The Hall–Kier alpha value is -0.530. The molecule has 0 aliphatic heterocycles. The molecule has 0 saturated heterocycles. The molecule has 0 aromatic rings. The van der Waals surface area contributed by atoms with E-state index in [4.69, 9.17) is 4.74 Å². The first-order valence-electron chi connectivity index (χ1n) is 7.03. The van der Waals surface area contributed by atoms with Crippen molar-refractivity contribution >= 4 is 5.97 Å². The van der Waals surface area contributed by atoms with Gasteiger partial charge < -0.3 is 4.74 Å². The zero-order chi connectivity index (χ0) is 12.8. The summed E-state index contributed by atoms with van der Waals surface area (Å²) in [6.07, 6.45) is 2.27. The van der Waals surface area contributed by atoms with Crippen LogP contribution >= 0.6 is 0 Å². The lowest BCUT2D eigenvalue weighted by atomic mass is 9.67. The number of fused-ring (bicyclic) bond motifs is 2. The average Bonchev–Trinajstić information content (AvgIpc) is 2.74. The summed E-state index contributed by atoms with van der Waals surface area (Å²) in [5, 5.41) is 0. The molecule has 2 rings (SSSR count). The molecule has 2 bridgehead atoms. The zero-order valence-electron chi connectivity index (χ0n) is 11.8. The molecule has 0 heterocycles. The maximum atomic E-state index is 12.3. The van der Waals surface area contributed by atoms with Crippen LogP contribution in [0.15, 0.2) is 0 Å². The standard InChI is InChI=1S/C15H26O2/c1-9(2)8-17-14(16)15(5)7-12-6-13(15)11(4)10(12)3/h9-13H,6-8H2,1-5H3. The van der Waals surface area contributed by atoms with Gasteiger partial charge in [-0.1, -0.05) is 27.7 Å². The summed E-state index contributed by atoms with van der Waals surface area (Å²) in [5.41, 5.74) is -0.203. The Labute approximate surface area is 105 Å². The average molecular weight is 238 g/mol. The van der Waals surface area contributed by atoms with Crippen molar-refractivity contribution in [1.82, 2.24) is 0 Å². The summed E-state index contributed by atoms with van der Waals surface area (Å²) in [4.78, 5) is 12.3. The van der Waals surface area contributed by atoms with Crippen LogP contribution < -0.4 is 0 Å². The molecule has 0 aromatic carbocycles. The highest BCUT2D eigenvalue weighted by atomic mass is 16.5. The first kappa shape index (κ1) is 12.9. The quantitative estimate of drug-likeness (QED) is 0.703. The second-order valence-electron chi connectivity index (χ2n) is 6.93. The Morgan fingerprint density at radius 3 is 2.47 bits per heavy atom. The van der Waals surface area contributed by atoms with Crippen molar-refractivity contribution in [3.05, 3.63) is 0 Å². The highest BCUT2D eigenvalue weighted by Crippen LogP contribution is 2.61. The number of rotatable bonds is 3. The maximum Gasteiger partial charge on any atom is 0.312 e. The minimum Gasteiger partial charge on any atom is -0.465 e. The molecule has 0 radical (unpaired) electrons. The van der Waals surface area contributed by atoms with Crippen LogP contribution in [0.3, 0.4) is 0 Å². The molecule has 2 fully saturated rings. The predicted molar refractivity (Wildman–Crippen MR) is 68.4 cm³/mol. The molecular weight excluding hydrogens is 212 g/mol. The number of esters is 1. The van der Waals surface area contributed by atoms with Gasteiger partial charge in [0.15, 0.2) is 0 Å². The predicted octanol–water partition coefficient (Wildman–Crippen LogP) is 3.50. The largest absolute Gasteiger partial charge is 0.465 e. The van der Waals surface area contributed by atoms with Crippen molar-refractivity contribution < 1.29 is 9.53 Å². The van der Waals surface area contributed by atoms with Crippen molar-refractivity contribution in [2.75, 3.05) is 6.61 Å². The summed E-state index contributed by atoms with van der Waals surface area (Å²) in [7, 11) is 0. The van der Waals surface area contributed by atoms with Crippen LogP contribution in [0.2, 0.25) is 0 Å². The highest BCUT2D eigenvalue weighted by Gasteiger charge is 2.59. The summed E-state index contributed by atoms with van der Waals surface area (Å²) < 4.78 is 5.49. The highest BCUT2D eigenvalue weighted by molar-refractivity contribution is 5.77. The molecule has 17 heavy (non-hydrogen) atoms. The molecule has 0 aromatic heterocycles. The summed E-state index contributed by atoms with van der Waals surface area (Å²) in [5.74, 6) is 3.22. The molecule has 2 nitrogen and oxygen atoms in total. The van der Waals surface area contributed by atoms with Crippen molar-refractivity contribution in [3.63, 3.8) is 0 Å². The van der Waals surface area contributed by atoms with Gasteiger partial charge in [-0.2, -0.15) is 0 Å².